The van der Waals surface area contributed by atoms with Gasteiger partial charge < -0.3 is 0 Å². The molecule has 0 bridgehead atoms. The van der Waals surface area contributed by atoms with Crippen LogP contribution in [0.25, 0.3) is 285 Å². The minimum Gasteiger partial charge on any atom is -0.208 e. The molecule has 0 atom stereocenters. The highest BCUT2D eigenvalue weighted by Crippen LogP contribution is 2.61. The maximum atomic E-state index is 5.18. The highest BCUT2D eigenvalue weighted by molar-refractivity contribution is 7.25. The lowest BCUT2D eigenvalue weighted by Crippen LogP contribution is -2.00. The van der Waals surface area contributed by atoms with Gasteiger partial charge in [0.25, 0.3) is 0 Å². The van der Waals surface area contributed by atoms with Crippen molar-refractivity contribution in [1.29, 1.82) is 0 Å². The van der Waals surface area contributed by atoms with Gasteiger partial charge in [0.05, 0.1) is 4.88 Å². The van der Waals surface area contributed by atoms with Gasteiger partial charge in [-0.05, 0) is 151 Å². The van der Waals surface area contributed by atoms with Crippen molar-refractivity contribution in [3.63, 3.8) is 0 Å². The zero-order valence-electron chi connectivity index (χ0n) is 75.7. The molecule has 0 spiro atoms. The molecular weight excluding hydrogens is 1770 g/mol. The fourth-order valence-corrected chi connectivity index (χ4v) is 24.9. The van der Waals surface area contributed by atoms with Crippen molar-refractivity contribution in [2.24, 2.45) is 0 Å². The summed E-state index contributed by atoms with van der Waals surface area (Å²) in [5.41, 5.74) is 32.7. The molecule has 0 amide bonds. The zero-order chi connectivity index (χ0) is 93.0. The Balaban J connectivity index is 0.000000106. The summed E-state index contributed by atoms with van der Waals surface area (Å²) in [5, 5.41) is 11.5. The lowest BCUT2D eigenvalue weighted by molar-refractivity contribution is 1.07. The molecule has 3 aliphatic carbocycles. The molecular formula is C129H77N9S3. The molecule has 0 aliphatic heterocycles. The summed E-state index contributed by atoms with van der Waals surface area (Å²) in [7, 11) is 0. The maximum Gasteiger partial charge on any atom is 0.174 e. The van der Waals surface area contributed by atoms with E-state index in [9.17, 15) is 0 Å². The van der Waals surface area contributed by atoms with E-state index in [1.165, 1.54) is 178 Å². The van der Waals surface area contributed by atoms with Gasteiger partial charge >= 0.3 is 0 Å². The van der Waals surface area contributed by atoms with Crippen LogP contribution in [0.5, 0.6) is 0 Å². The largest absolute Gasteiger partial charge is 0.208 e. The molecule has 3 aliphatic rings. The summed E-state index contributed by atoms with van der Waals surface area (Å²) in [5.74, 6) is 5.98. The average molecular weight is 1850 g/mol. The third-order valence-electron chi connectivity index (χ3n) is 27.2. The van der Waals surface area contributed by atoms with Crippen molar-refractivity contribution in [1.82, 2.24) is 44.9 Å². The van der Waals surface area contributed by atoms with Crippen LogP contribution < -0.4 is 0 Å². The zero-order valence-corrected chi connectivity index (χ0v) is 78.2. The topological polar surface area (TPSA) is 116 Å². The predicted octanol–water partition coefficient (Wildman–Crippen LogP) is 35.0. The molecule has 0 saturated heterocycles. The van der Waals surface area contributed by atoms with Gasteiger partial charge in [-0.25, -0.2) is 44.9 Å². The third-order valence-corrected chi connectivity index (χ3v) is 31.0. The first-order valence-electron chi connectivity index (χ1n) is 47.3. The van der Waals surface area contributed by atoms with Crippen LogP contribution in [0.2, 0.25) is 0 Å². The Bertz CT molecular complexity index is 9300. The summed E-state index contributed by atoms with van der Waals surface area (Å²) in [6.45, 7) is 0. The quantitative estimate of drug-likeness (QED) is 0.125. The average Bonchev–Trinajstić information content (AvgIpc) is 1.56. The number of fused-ring (bicyclic) bond motifs is 21. The summed E-state index contributed by atoms with van der Waals surface area (Å²) in [6, 6.07) is 165. The first kappa shape index (κ1) is 82.5. The highest BCUT2D eigenvalue weighted by Gasteiger charge is 2.34. The van der Waals surface area contributed by atoms with Crippen molar-refractivity contribution in [2.45, 2.75) is 0 Å². The first-order valence-corrected chi connectivity index (χ1v) is 49.7. The summed E-state index contributed by atoms with van der Waals surface area (Å²) in [6.07, 6.45) is 0. The Kier molecular flexibility index (Phi) is 20.3. The van der Waals surface area contributed by atoms with Gasteiger partial charge in [-0.2, -0.15) is 0 Å². The van der Waals surface area contributed by atoms with Crippen LogP contribution >= 0.6 is 34.0 Å². The second kappa shape index (κ2) is 34.7. The molecule has 0 unspecified atom stereocenters. The minimum absolute atomic E-state index is 0.653. The number of nitrogens with zero attached hydrogens (tertiary/aromatic N) is 9. The molecule has 26 aromatic rings. The van der Waals surface area contributed by atoms with Crippen LogP contribution in [0, 0.1) is 0 Å². The minimum atomic E-state index is 0.653. The van der Waals surface area contributed by atoms with Gasteiger partial charge in [0, 0.05) is 101 Å². The monoisotopic (exact) mass is 1850 g/mol. The van der Waals surface area contributed by atoms with E-state index in [0.717, 1.165) is 54.9 Å². The molecule has 656 valence electrons. The molecule has 0 fully saturated rings. The fraction of sp³-hybridized carbons (Fsp3) is 0. The molecule has 6 aromatic heterocycles. The van der Waals surface area contributed by atoms with Gasteiger partial charge in [-0.3, -0.25) is 0 Å². The van der Waals surface area contributed by atoms with Crippen molar-refractivity contribution in [3.8, 4) is 223 Å². The molecule has 141 heavy (non-hydrogen) atoms. The van der Waals surface area contributed by atoms with E-state index in [4.69, 9.17) is 44.9 Å². The Morgan fingerprint density at radius 3 is 0.631 bits per heavy atom. The van der Waals surface area contributed by atoms with E-state index in [-0.39, 0.29) is 0 Å². The predicted molar refractivity (Wildman–Crippen MR) is 588 cm³/mol. The van der Waals surface area contributed by atoms with Crippen LogP contribution in [-0.4, -0.2) is 44.9 Å². The molecule has 0 radical (unpaired) electrons. The summed E-state index contributed by atoms with van der Waals surface area (Å²) < 4.78 is 3.89. The third kappa shape index (κ3) is 14.4. The van der Waals surface area contributed by atoms with Crippen LogP contribution in [0.3, 0.4) is 0 Å². The normalized spacial score (nSPS) is 11.7. The fourth-order valence-electron chi connectivity index (χ4n) is 20.8. The van der Waals surface area contributed by atoms with E-state index in [1.807, 2.05) is 180 Å². The number of thiophene rings is 3. The number of aromatic nitrogens is 9. The van der Waals surface area contributed by atoms with Gasteiger partial charge in [-0.1, -0.05) is 443 Å². The first-order chi connectivity index (χ1) is 69.9. The molecule has 6 heterocycles. The van der Waals surface area contributed by atoms with E-state index < -0.39 is 0 Å². The second-order valence-electron chi connectivity index (χ2n) is 35.5. The van der Waals surface area contributed by atoms with Gasteiger partial charge in [0.15, 0.2) is 52.4 Å². The van der Waals surface area contributed by atoms with Crippen molar-refractivity contribution < 1.29 is 0 Å². The Morgan fingerprint density at radius 1 is 0.128 bits per heavy atom. The molecule has 0 saturated carbocycles. The van der Waals surface area contributed by atoms with E-state index in [1.54, 1.807) is 11.3 Å². The van der Waals surface area contributed by atoms with Crippen LogP contribution in [0.1, 0.15) is 0 Å². The van der Waals surface area contributed by atoms with Crippen LogP contribution in [-0.2, 0) is 0 Å². The molecule has 12 heteroatoms. The Labute approximate surface area is 824 Å². The lowest BCUT2D eigenvalue weighted by Gasteiger charge is -2.12. The number of hydrogen-bond acceptors (Lipinski definition) is 12. The van der Waals surface area contributed by atoms with Crippen molar-refractivity contribution in [2.75, 3.05) is 0 Å². The van der Waals surface area contributed by atoms with Crippen molar-refractivity contribution in [3.05, 3.63) is 467 Å². The smallest absolute Gasteiger partial charge is 0.174 e. The standard InChI is InChI=1S/2C45H27N3S.C39H23N3S/c1-3-14-28(15-4-1)43-46-44(29-16-5-2-6-17-29)48-45(47-43)32-20-13-19-31(26-32)41-39-37-25-12-11-23-35(37)34-22-9-10-24-36(34)38-27-30-18-7-8-21-33(30)42(49-41)40(38)39;1-3-13-29(14-4-1)43-46-44(30-15-5-2-6-16-30)48-45(47-43)31-25-23-28(24-26-31)41-39-37-22-12-11-20-35(37)34-19-9-10-21-36(34)38-27-32-17-7-8-18-33(32)42(49-41)40(38)39;1-3-13-24(14-4-1)37-40-38(25-15-5-2-6-16-25)42-39(41-37)36-33-31-22-12-11-20-29(31)28-19-9-10-21-30(28)32-23-26-17-7-8-18-27(26)35(43-36)34(32)33/h2*1-27H;1-23H. The van der Waals surface area contributed by atoms with E-state index >= 15 is 0 Å². The van der Waals surface area contributed by atoms with Crippen LogP contribution in [0.15, 0.2) is 467 Å². The van der Waals surface area contributed by atoms with Gasteiger partial charge in [0.2, 0.25) is 0 Å². The molecule has 0 N–H and O–H groups in total. The molecule has 9 nitrogen and oxygen atoms in total. The Morgan fingerprint density at radius 2 is 0.326 bits per heavy atom. The SMILES string of the molecule is c1ccc(-c2nc(-c3ccccc3)nc(-c3ccc(-c4sc5c6c(cc7ccccc75)-c5ccccc5-c5ccccc5-c46)cc3)n2)cc1.c1ccc(-c2nc(-c3ccccc3)nc(-c3cccc(-c4sc5c6c(cc7ccccc75)-c5ccccc5-c5ccccc5-c46)c3)n2)cc1.c1ccc(-c2nc(-c3ccccc3)nc(-c3sc4c5c(cc6ccccc64)-c4ccccc4-c4ccccc4-c35)n2)cc1. The maximum absolute atomic E-state index is 5.18. The second-order valence-corrected chi connectivity index (χ2v) is 38.6. The summed E-state index contributed by atoms with van der Waals surface area (Å²) >= 11 is 5.56. The Hall–Kier alpha value is -17.9. The summed E-state index contributed by atoms with van der Waals surface area (Å²) in [4.78, 5) is 48.7. The number of rotatable bonds is 11. The molecule has 20 aromatic carbocycles. The highest BCUT2D eigenvalue weighted by atomic mass is 32.1. The van der Waals surface area contributed by atoms with Crippen molar-refractivity contribution >= 4 is 96.6 Å². The van der Waals surface area contributed by atoms with E-state index in [2.05, 4.69) is 309 Å². The molecule has 29 rings (SSSR count). The number of benzene rings is 20. The van der Waals surface area contributed by atoms with E-state index in [0.29, 0.717) is 52.4 Å². The number of hydrogen-bond donors (Lipinski definition) is 0. The van der Waals surface area contributed by atoms with Crippen LogP contribution in [0.4, 0.5) is 0 Å². The van der Waals surface area contributed by atoms with Gasteiger partial charge in [-0.15, -0.1) is 34.0 Å². The lowest BCUT2D eigenvalue weighted by atomic mass is 9.93. The van der Waals surface area contributed by atoms with Gasteiger partial charge in [0.1, 0.15) is 0 Å².